The first kappa shape index (κ1) is 13.8. The minimum absolute atomic E-state index is 0.165. The summed E-state index contributed by atoms with van der Waals surface area (Å²) in [5.41, 5.74) is 1.11. The maximum absolute atomic E-state index is 12.1. The van der Waals surface area contributed by atoms with Crippen molar-refractivity contribution in [3.05, 3.63) is 41.0 Å². The summed E-state index contributed by atoms with van der Waals surface area (Å²) in [4.78, 5) is 16.5. The van der Waals surface area contributed by atoms with Crippen LogP contribution < -0.4 is 5.32 Å². The molecule has 0 saturated carbocycles. The predicted molar refractivity (Wildman–Crippen MR) is 78.6 cm³/mol. The second-order valence-electron chi connectivity index (χ2n) is 4.49. The van der Waals surface area contributed by atoms with E-state index in [1.54, 1.807) is 6.07 Å². The van der Waals surface area contributed by atoms with Crippen molar-refractivity contribution in [2.75, 3.05) is 0 Å². The molecule has 1 N–H and O–H groups in total. The molecule has 0 aliphatic carbocycles. The highest BCUT2D eigenvalue weighted by Crippen LogP contribution is 2.22. The lowest BCUT2D eigenvalue weighted by atomic mass is 10.1. The van der Waals surface area contributed by atoms with E-state index in [9.17, 15) is 4.79 Å². The lowest BCUT2D eigenvalue weighted by Crippen LogP contribution is -2.34. The predicted octanol–water partition coefficient (Wildman–Crippen LogP) is 3.81. The smallest absolute Gasteiger partial charge is 0.270 e. The Balaban J connectivity index is 2.32. The van der Waals surface area contributed by atoms with Crippen molar-refractivity contribution in [3.63, 3.8) is 0 Å². The average molecular weight is 277 g/mol. The molecular formula is C15H17ClN2O. The molecule has 0 bridgehead atoms. The number of aromatic nitrogens is 1. The Morgan fingerprint density at radius 3 is 2.68 bits per heavy atom. The van der Waals surface area contributed by atoms with Crippen molar-refractivity contribution in [2.24, 2.45) is 0 Å². The normalized spacial score (nSPS) is 10.9. The number of carbonyl (C=O) groups excluding carboxylic acids is 1. The second kappa shape index (κ2) is 6.02. The van der Waals surface area contributed by atoms with Gasteiger partial charge in [-0.1, -0.05) is 43.6 Å². The summed E-state index contributed by atoms with van der Waals surface area (Å²) in [7, 11) is 0. The van der Waals surface area contributed by atoms with Gasteiger partial charge in [0.05, 0.1) is 10.5 Å². The van der Waals surface area contributed by atoms with Gasteiger partial charge < -0.3 is 5.32 Å². The molecular weight excluding hydrogens is 260 g/mol. The van der Waals surface area contributed by atoms with Crippen molar-refractivity contribution in [3.8, 4) is 0 Å². The lowest BCUT2D eigenvalue weighted by molar-refractivity contribution is 0.0930. The number of hydrogen-bond donors (Lipinski definition) is 1. The molecule has 0 fully saturated rings. The molecule has 0 aliphatic rings. The van der Waals surface area contributed by atoms with Gasteiger partial charge in [-0.25, -0.2) is 4.98 Å². The van der Waals surface area contributed by atoms with Gasteiger partial charge in [-0.05, 0) is 25.0 Å². The van der Waals surface area contributed by atoms with Crippen LogP contribution in [0, 0.1) is 0 Å². The Hall–Kier alpha value is -1.61. The fraction of sp³-hybridized carbons (Fsp3) is 0.333. The van der Waals surface area contributed by atoms with Crippen LogP contribution in [0.1, 0.15) is 37.2 Å². The summed E-state index contributed by atoms with van der Waals surface area (Å²) in [6.07, 6.45) is 1.81. The number of halogens is 1. The molecule has 100 valence electrons. The van der Waals surface area contributed by atoms with Crippen LogP contribution in [0.3, 0.4) is 0 Å². The molecule has 0 radical (unpaired) electrons. The zero-order valence-electron chi connectivity index (χ0n) is 11.1. The van der Waals surface area contributed by atoms with E-state index in [4.69, 9.17) is 11.6 Å². The van der Waals surface area contributed by atoms with Crippen LogP contribution in [-0.4, -0.2) is 16.9 Å². The number of para-hydroxylation sites is 1. The summed E-state index contributed by atoms with van der Waals surface area (Å²) in [5.74, 6) is -0.165. The molecule has 2 aromatic rings. The highest BCUT2D eigenvalue weighted by atomic mass is 35.5. The summed E-state index contributed by atoms with van der Waals surface area (Å²) in [6, 6.07) is 9.34. The first-order valence-corrected chi connectivity index (χ1v) is 6.89. The van der Waals surface area contributed by atoms with Crippen LogP contribution in [0.2, 0.25) is 5.02 Å². The Labute approximate surface area is 118 Å². The number of fused-ring (bicyclic) bond motifs is 1. The monoisotopic (exact) mass is 276 g/mol. The molecule has 0 aliphatic heterocycles. The van der Waals surface area contributed by atoms with Gasteiger partial charge in [0.2, 0.25) is 0 Å². The minimum Gasteiger partial charge on any atom is -0.348 e. The van der Waals surface area contributed by atoms with Crippen molar-refractivity contribution in [2.45, 2.75) is 32.7 Å². The van der Waals surface area contributed by atoms with E-state index in [1.807, 2.05) is 24.3 Å². The van der Waals surface area contributed by atoms with E-state index in [0.29, 0.717) is 10.7 Å². The summed E-state index contributed by atoms with van der Waals surface area (Å²) < 4.78 is 0. The van der Waals surface area contributed by atoms with Gasteiger partial charge in [0.1, 0.15) is 5.69 Å². The second-order valence-corrected chi connectivity index (χ2v) is 4.90. The number of carbonyl (C=O) groups is 1. The SMILES string of the molecule is CCC(CC)NC(=O)c1cc(Cl)c2ccccc2n1. The number of rotatable bonds is 4. The zero-order valence-corrected chi connectivity index (χ0v) is 11.9. The molecule has 0 spiro atoms. The largest absolute Gasteiger partial charge is 0.348 e. The summed E-state index contributed by atoms with van der Waals surface area (Å²) in [5, 5.41) is 4.38. The molecule has 1 aromatic heterocycles. The minimum atomic E-state index is -0.165. The van der Waals surface area contributed by atoms with Crippen LogP contribution in [0.4, 0.5) is 0 Å². The number of nitrogens with zero attached hydrogens (tertiary/aromatic N) is 1. The maximum Gasteiger partial charge on any atom is 0.270 e. The van der Waals surface area contributed by atoms with Crippen LogP contribution in [0.15, 0.2) is 30.3 Å². The fourth-order valence-electron chi connectivity index (χ4n) is 2.00. The summed E-state index contributed by atoms with van der Waals surface area (Å²) in [6.45, 7) is 4.10. The zero-order chi connectivity index (χ0) is 13.8. The summed E-state index contributed by atoms with van der Waals surface area (Å²) >= 11 is 6.19. The van der Waals surface area contributed by atoms with E-state index in [2.05, 4.69) is 24.1 Å². The van der Waals surface area contributed by atoms with Crippen molar-refractivity contribution in [1.82, 2.24) is 10.3 Å². The van der Waals surface area contributed by atoms with Crippen molar-refractivity contribution < 1.29 is 4.79 Å². The van der Waals surface area contributed by atoms with Crippen molar-refractivity contribution in [1.29, 1.82) is 0 Å². The third-order valence-electron chi connectivity index (χ3n) is 3.22. The molecule has 2 rings (SSSR count). The highest BCUT2D eigenvalue weighted by Gasteiger charge is 2.14. The number of pyridine rings is 1. The van der Waals surface area contributed by atoms with E-state index < -0.39 is 0 Å². The van der Waals surface area contributed by atoms with Gasteiger partial charge >= 0.3 is 0 Å². The quantitative estimate of drug-likeness (QED) is 0.923. The van der Waals surface area contributed by atoms with Crippen LogP contribution in [0.5, 0.6) is 0 Å². The van der Waals surface area contributed by atoms with Crippen molar-refractivity contribution >= 4 is 28.4 Å². The fourth-order valence-corrected chi connectivity index (χ4v) is 2.26. The number of nitrogens with one attached hydrogen (secondary N) is 1. The van der Waals surface area contributed by atoms with E-state index in [1.165, 1.54) is 0 Å². The molecule has 1 aromatic carbocycles. The Morgan fingerprint density at radius 2 is 2.00 bits per heavy atom. The number of benzene rings is 1. The van der Waals surface area contributed by atoms with E-state index in [0.717, 1.165) is 23.7 Å². The molecule has 19 heavy (non-hydrogen) atoms. The lowest BCUT2D eigenvalue weighted by Gasteiger charge is -2.14. The molecule has 3 nitrogen and oxygen atoms in total. The molecule has 0 unspecified atom stereocenters. The van der Waals surface area contributed by atoms with Gasteiger partial charge in [0.25, 0.3) is 5.91 Å². The average Bonchev–Trinajstić information content (AvgIpc) is 2.44. The van der Waals surface area contributed by atoms with Crippen LogP contribution >= 0.6 is 11.6 Å². The first-order chi connectivity index (χ1) is 9.15. The third-order valence-corrected chi connectivity index (χ3v) is 3.53. The first-order valence-electron chi connectivity index (χ1n) is 6.51. The molecule has 1 heterocycles. The number of amides is 1. The van der Waals surface area contributed by atoms with Gasteiger partial charge in [0, 0.05) is 11.4 Å². The number of hydrogen-bond acceptors (Lipinski definition) is 2. The topological polar surface area (TPSA) is 42.0 Å². The van der Waals surface area contributed by atoms with Gasteiger partial charge in [-0.2, -0.15) is 0 Å². The Morgan fingerprint density at radius 1 is 1.32 bits per heavy atom. The van der Waals surface area contributed by atoms with Gasteiger partial charge in [-0.15, -0.1) is 0 Å². The van der Waals surface area contributed by atoms with Crippen LogP contribution in [0.25, 0.3) is 10.9 Å². The Kier molecular flexibility index (Phi) is 4.38. The molecule has 4 heteroatoms. The van der Waals surface area contributed by atoms with Gasteiger partial charge in [0.15, 0.2) is 0 Å². The molecule has 0 atom stereocenters. The Bertz CT molecular complexity index is 594. The van der Waals surface area contributed by atoms with E-state index in [-0.39, 0.29) is 11.9 Å². The third kappa shape index (κ3) is 3.04. The molecule has 1 amide bonds. The highest BCUT2D eigenvalue weighted by molar-refractivity contribution is 6.35. The maximum atomic E-state index is 12.1. The van der Waals surface area contributed by atoms with Crippen LogP contribution in [-0.2, 0) is 0 Å². The van der Waals surface area contributed by atoms with Gasteiger partial charge in [-0.3, -0.25) is 4.79 Å². The van der Waals surface area contributed by atoms with E-state index >= 15 is 0 Å². The standard InChI is InChI=1S/C15H17ClN2O/c1-3-10(4-2)17-15(19)14-9-12(16)11-7-5-6-8-13(11)18-14/h5-10H,3-4H2,1-2H3,(H,17,19). The molecule has 0 saturated heterocycles.